The van der Waals surface area contributed by atoms with Crippen LogP contribution in [-0.4, -0.2) is 42.6 Å². The molecule has 0 bridgehead atoms. The van der Waals surface area contributed by atoms with Crippen molar-refractivity contribution in [2.75, 3.05) is 21.3 Å². The average molecular weight is 336 g/mol. The van der Waals surface area contributed by atoms with Crippen molar-refractivity contribution in [1.29, 1.82) is 0 Å². The zero-order valence-corrected chi connectivity index (χ0v) is 14.0. The monoisotopic (exact) mass is 336 g/mol. The fourth-order valence-electron chi connectivity index (χ4n) is 2.35. The summed E-state index contributed by atoms with van der Waals surface area (Å²) in [6.45, 7) is 1.75. The number of hydrogen-bond acceptors (Lipinski definition) is 7. The van der Waals surface area contributed by atoms with Crippen molar-refractivity contribution in [2.45, 2.75) is 25.7 Å². The molecule has 0 saturated heterocycles. The second-order valence-electron chi connectivity index (χ2n) is 5.04. The van der Waals surface area contributed by atoms with Gasteiger partial charge in [-0.2, -0.15) is 0 Å². The van der Waals surface area contributed by atoms with Gasteiger partial charge >= 0.3 is 5.97 Å². The molecular formula is C16H20N2O6. The van der Waals surface area contributed by atoms with Crippen LogP contribution in [0.25, 0.3) is 0 Å². The molecule has 0 radical (unpaired) electrons. The molecule has 0 aliphatic heterocycles. The zero-order chi connectivity index (χ0) is 17.7. The largest absolute Gasteiger partial charge is 0.493 e. The van der Waals surface area contributed by atoms with Gasteiger partial charge in [0.2, 0.25) is 17.5 Å². The van der Waals surface area contributed by atoms with E-state index in [2.05, 4.69) is 10.2 Å². The normalized spacial score (nSPS) is 11.8. The maximum Gasteiger partial charge on any atom is 0.316 e. The van der Waals surface area contributed by atoms with Crippen LogP contribution in [0.15, 0.2) is 16.5 Å². The lowest BCUT2D eigenvalue weighted by atomic mass is 10.1. The van der Waals surface area contributed by atoms with E-state index in [0.29, 0.717) is 36.0 Å². The topological polar surface area (TPSA) is 104 Å². The minimum atomic E-state index is -0.986. The first-order chi connectivity index (χ1) is 11.5. The molecule has 130 valence electrons. The Bertz CT molecular complexity index is 687. The molecule has 1 unspecified atom stereocenters. The van der Waals surface area contributed by atoms with Crippen LogP contribution >= 0.6 is 0 Å². The van der Waals surface area contributed by atoms with Crippen LogP contribution < -0.4 is 14.2 Å². The highest BCUT2D eigenvalue weighted by Gasteiger charge is 2.24. The van der Waals surface area contributed by atoms with Crippen molar-refractivity contribution in [2.24, 2.45) is 0 Å². The van der Waals surface area contributed by atoms with Gasteiger partial charge in [-0.1, -0.05) is 6.92 Å². The van der Waals surface area contributed by atoms with Crippen molar-refractivity contribution in [3.8, 4) is 17.2 Å². The Morgan fingerprint density at radius 1 is 1.17 bits per heavy atom. The first-order valence-electron chi connectivity index (χ1n) is 7.37. The molecule has 1 atom stereocenters. The van der Waals surface area contributed by atoms with E-state index in [1.165, 1.54) is 21.3 Å². The van der Waals surface area contributed by atoms with E-state index in [1.807, 2.05) is 0 Å². The smallest absolute Gasteiger partial charge is 0.316 e. The maximum absolute atomic E-state index is 11.2. The minimum Gasteiger partial charge on any atom is -0.493 e. The summed E-state index contributed by atoms with van der Waals surface area (Å²) in [4.78, 5) is 11.2. The highest BCUT2D eigenvalue weighted by Crippen LogP contribution is 2.38. The van der Waals surface area contributed by atoms with Crippen molar-refractivity contribution >= 4 is 5.97 Å². The molecular weight excluding hydrogens is 316 g/mol. The fourth-order valence-corrected chi connectivity index (χ4v) is 2.35. The number of ether oxygens (including phenoxy) is 3. The predicted octanol–water partition coefficient (Wildman–Crippen LogP) is 2.26. The van der Waals surface area contributed by atoms with Gasteiger partial charge in [-0.3, -0.25) is 4.79 Å². The van der Waals surface area contributed by atoms with Crippen molar-refractivity contribution in [3.05, 3.63) is 29.5 Å². The number of benzene rings is 1. The Balaban J connectivity index is 2.28. The minimum absolute atomic E-state index is 0.104. The number of carbonyl (C=O) groups is 1. The second-order valence-corrected chi connectivity index (χ2v) is 5.04. The Morgan fingerprint density at radius 2 is 1.79 bits per heavy atom. The third-order valence-electron chi connectivity index (χ3n) is 3.57. The van der Waals surface area contributed by atoms with Crippen LogP contribution in [0.1, 0.15) is 36.6 Å². The van der Waals surface area contributed by atoms with Crippen LogP contribution in [0, 0.1) is 0 Å². The molecule has 24 heavy (non-hydrogen) atoms. The van der Waals surface area contributed by atoms with Gasteiger partial charge in [-0.15, -0.1) is 10.2 Å². The Morgan fingerprint density at radius 3 is 2.25 bits per heavy atom. The molecule has 2 rings (SSSR count). The highest BCUT2D eigenvalue weighted by molar-refractivity contribution is 5.74. The molecule has 0 amide bonds. The molecule has 0 aliphatic carbocycles. The number of carboxylic acid groups (broad SMARTS) is 1. The van der Waals surface area contributed by atoms with Crippen LogP contribution in [0.4, 0.5) is 0 Å². The van der Waals surface area contributed by atoms with Gasteiger partial charge in [0.25, 0.3) is 0 Å². The van der Waals surface area contributed by atoms with Gasteiger partial charge in [0.05, 0.1) is 27.8 Å². The summed E-state index contributed by atoms with van der Waals surface area (Å²) in [7, 11) is 4.59. The van der Waals surface area contributed by atoms with Gasteiger partial charge < -0.3 is 23.7 Å². The Kier molecular flexibility index (Phi) is 5.62. The van der Waals surface area contributed by atoms with Crippen LogP contribution in [-0.2, 0) is 11.2 Å². The van der Waals surface area contributed by atoms with Gasteiger partial charge in [-0.25, -0.2) is 0 Å². The number of aromatic nitrogens is 2. The second kappa shape index (κ2) is 7.67. The number of rotatable bonds is 8. The molecule has 1 aromatic heterocycles. The van der Waals surface area contributed by atoms with E-state index in [-0.39, 0.29) is 5.89 Å². The summed E-state index contributed by atoms with van der Waals surface area (Å²) in [6, 6.07) is 3.56. The van der Waals surface area contributed by atoms with E-state index in [1.54, 1.807) is 19.1 Å². The molecule has 0 spiro atoms. The molecule has 8 nitrogen and oxygen atoms in total. The standard InChI is InChI=1S/C16H20N2O6/c1-5-10(16(19)20)15-18-17-13(24-15)8-9-6-11(21-2)14(23-4)12(7-9)22-3/h6-7,10H,5,8H2,1-4H3,(H,19,20). The number of carboxylic acids is 1. The third kappa shape index (κ3) is 3.58. The predicted molar refractivity (Wildman–Crippen MR) is 83.9 cm³/mol. The van der Waals surface area contributed by atoms with Crippen molar-refractivity contribution < 1.29 is 28.5 Å². The van der Waals surface area contributed by atoms with E-state index in [4.69, 9.17) is 23.7 Å². The lowest BCUT2D eigenvalue weighted by Gasteiger charge is -2.13. The lowest BCUT2D eigenvalue weighted by Crippen LogP contribution is -2.10. The van der Waals surface area contributed by atoms with E-state index < -0.39 is 11.9 Å². The van der Waals surface area contributed by atoms with E-state index >= 15 is 0 Å². The molecule has 0 fully saturated rings. The summed E-state index contributed by atoms with van der Waals surface area (Å²) in [6.07, 6.45) is 0.695. The molecule has 1 heterocycles. The summed E-state index contributed by atoms with van der Waals surface area (Å²) >= 11 is 0. The molecule has 0 saturated carbocycles. The fraction of sp³-hybridized carbons (Fsp3) is 0.438. The number of nitrogens with zero attached hydrogens (tertiary/aromatic N) is 2. The third-order valence-corrected chi connectivity index (χ3v) is 3.57. The Hall–Kier alpha value is -2.77. The Labute approximate surface area is 139 Å². The van der Waals surface area contributed by atoms with Crippen LogP contribution in [0.3, 0.4) is 0 Å². The van der Waals surface area contributed by atoms with Gasteiger partial charge in [0, 0.05) is 0 Å². The number of methoxy groups -OCH3 is 3. The molecule has 1 aromatic carbocycles. The SMILES string of the molecule is CCC(C(=O)O)c1nnc(Cc2cc(OC)c(OC)c(OC)c2)o1. The molecule has 2 aromatic rings. The molecule has 0 aliphatic rings. The maximum atomic E-state index is 11.2. The van der Waals surface area contributed by atoms with Crippen LogP contribution in [0.5, 0.6) is 17.2 Å². The van der Waals surface area contributed by atoms with E-state index in [0.717, 1.165) is 5.56 Å². The van der Waals surface area contributed by atoms with Gasteiger partial charge in [0.15, 0.2) is 11.5 Å². The number of hydrogen-bond donors (Lipinski definition) is 1. The first kappa shape index (κ1) is 17.6. The zero-order valence-electron chi connectivity index (χ0n) is 14.0. The summed E-state index contributed by atoms with van der Waals surface area (Å²) in [5.74, 6) is 0.164. The lowest BCUT2D eigenvalue weighted by molar-refractivity contribution is -0.139. The average Bonchev–Trinajstić information content (AvgIpc) is 3.02. The van der Waals surface area contributed by atoms with Crippen LogP contribution in [0.2, 0.25) is 0 Å². The van der Waals surface area contributed by atoms with Crippen molar-refractivity contribution in [1.82, 2.24) is 10.2 Å². The van der Waals surface area contributed by atoms with Gasteiger partial charge in [0.1, 0.15) is 5.92 Å². The summed E-state index contributed by atoms with van der Waals surface area (Å²) in [5.41, 5.74) is 0.808. The summed E-state index contributed by atoms with van der Waals surface area (Å²) < 4.78 is 21.4. The number of aliphatic carboxylic acids is 1. The van der Waals surface area contributed by atoms with Crippen molar-refractivity contribution in [3.63, 3.8) is 0 Å². The highest BCUT2D eigenvalue weighted by atomic mass is 16.5. The van der Waals surface area contributed by atoms with Gasteiger partial charge in [-0.05, 0) is 24.1 Å². The molecule has 8 heteroatoms. The summed E-state index contributed by atoms with van der Waals surface area (Å²) in [5, 5.41) is 16.9. The quantitative estimate of drug-likeness (QED) is 0.783. The molecule has 1 N–H and O–H groups in total. The van der Waals surface area contributed by atoms with E-state index in [9.17, 15) is 4.79 Å². The first-order valence-corrected chi connectivity index (χ1v) is 7.37.